The Hall–Kier alpha value is -1.68. The Kier molecular flexibility index (Phi) is 3.37. The van der Waals surface area contributed by atoms with E-state index in [-0.39, 0.29) is 0 Å². The molecule has 0 aromatic carbocycles. The van der Waals surface area contributed by atoms with Gasteiger partial charge in [0, 0.05) is 30.8 Å². The molecule has 1 unspecified atom stereocenters. The van der Waals surface area contributed by atoms with Gasteiger partial charge in [0.2, 0.25) is 0 Å². The molecular weight excluding hydrogens is 242 g/mol. The van der Waals surface area contributed by atoms with Crippen molar-refractivity contribution >= 4 is 17.2 Å². The zero-order chi connectivity index (χ0) is 12.2. The summed E-state index contributed by atoms with van der Waals surface area (Å²) in [5, 5.41) is 7.67. The zero-order valence-electron chi connectivity index (χ0n) is 10.0. The maximum absolute atomic E-state index is 4.50. The molecule has 0 spiro atoms. The third-order valence-electron chi connectivity index (χ3n) is 3.13. The van der Waals surface area contributed by atoms with Crippen LogP contribution in [0.2, 0.25) is 0 Å². The van der Waals surface area contributed by atoms with Crippen LogP contribution in [0.5, 0.6) is 0 Å². The van der Waals surface area contributed by atoms with E-state index in [1.165, 1.54) is 5.56 Å². The van der Waals surface area contributed by atoms with Gasteiger partial charge in [-0.3, -0.25) is 9.98 Å². The van der Waals surface area contributed by atoms with Crippen LogP contribution in [0.1, 0.15) is 23.6 Å². The number of aliphatic imine (C=N–C) groups is 1. The predicted molar refractivity (Wildman–Crippen MR) is 75.3 cm³/mol. The Morgan fingerprint density at radius 2 is 2.33 bits per heavy atom. The Morgan fingerprint density at radius 1 is 1.33 bits per heavy atom. The van der Waals surface area contributed by atoms with Crippen molar-refractivity contribution in [2.75, 3.05) is 13.1 Å². The first-order valence-corrected chi connectivity index (χ1v) is 7.08. The molecule has 0 bridgehead atoms. The first-order valence-electron chi connectivity index (χ1n) is 6.14. The number of nitrogens with one attached hydrogen (secondary N) is 1. The van der Waals surface area contributed by atoms with Crippen LogP contribution < -0.4 is 5.32 Å². The first kappa shape index (κ1) is 11.4. The van der Waals surface area contributed by atoms with Gasteiger partial charge < -0.3 is 5.32 Å². The molecule has 0 saturated heterocycles. The summed E-state index contributed by atoms with van der Waals surface area (Å²) in [5.41, 5.74) is 2.45. The Bertz CT molecular complexity index is 519. The molecule has 2 aromatic rings. The fraction of sp³-hybridized carbons (Fsp3) is 0.286. The molecule has 3 heterocycles. The molecule has 92 valence electrons. The fourth-order valence-electron chi connectivity index (χ4n) is 2.23. The summed E-state index contributed by atoms with van der Waals surface area (Å²) in [4.78, 5) is 8.99. The summed E-state index contributed by atoms with van der Waals surface area (Å²) in [6.07, 6.45) is 2.77. The number of hydrogen-bond donors (Lipinski definition) is 1. The van der Waals surface area contributed by atoms with Crippen LogP contribution in [0.25, 0.3) is 0 Å². The molecule has 1 N–H and O–H groups in total. The van der Waals surface area contributed by atoms with E-state index in [0.717, 1.165) is 31.0 Å². The van der Waals surface area contributed by atoms with Crippen LogP contribution in [0, 0.1) is 0 Å². The minimum absolute atomic E-state index is 0.307. The SMILES string of the molecule is c1ccc(C(CC2=NCCN2)c2ccsc2)nc1. The van der Waals surface area contributed by atoms with E-state index in [4.69, 9.17) is 0 Å². The molecule has 0 fully saturated rings. The van der Waals surface area contributed by atoms with E-state index in [9.17, 15) is 0 Å². The Balaban J connectivity index is 1.89. The highest BCUT2D eigenvalue weighted by molar-refractivity contribution is 7.08. The number of amidine groups is 1. The van der Waals surface area contributed by atoms with E-state index in [2.05, 4.69) is 38.2 Å². The largest absolute Gasteiger partial charge is 0.372 e. The van der Waals surface area contributed by atoms with Gasteiger partial charge in [-0.25, -0.2) is 0 Å². The van der Waals surface area contributed by atoms with Crippen LogP contribution in [-0.2, 0) is 0 Å². The monoisotopic (exact) mass is 257 g/mol. The summed E-state index contributed by atoms with van der Waals surface area (Å²) in [5.74, 6) is 1.42. The highest BCUT2D eigenvalue weighted by Gasteiger charge is 2.19. The van der Waals surface area contributed by atoms with E-state index in [1.54, 1.807) is 11.3 Å². The summed E-state index contributed by atoms with van der Waals surface area (Å²) >= 11 is 1.73. The van der Waals surface area contributed by atoms with Crippen LogP contribution >= 0.6 is 11.3 Å². The summed E-state index contributed by atoms with van der Waals surface area (Å²) in [6, 6.07) is 8.28. The number of pyridine rings is 1. The predicted octanol–water partition coefficient (Wildman–Crippen LogP) is 2.67. The zero-order valence-corrected chi connectivity index (χ0v) is 10.9. The number of hydrogen-bond acceptors (Lipinski definition) is 4. The molecule has 4 heteroatoms. The second-order valence-electron chi connectivity index (χ2n) is 4.32. The van der Waals surface area contributed by atoms with Gasteiger partial charge in [0.25, 0.3) is 0 Å². The fourth-order valence-corrected chi connectivity index (χ4v) is 2.94. The Labute approximate surface area is 111 Å². The average Bonchev–Trinajstić information content (AvgIpc) is 3.10. The molecule has 3 rings (SSSR count). The number of rotatable bonds is 4. The van der Waals surface area contributed by atoms with E-state index in [1.807, 2.05) is 18.3 Å². The lowest BCUT2D eigenvalue weighted by atomic mass is 9.94. The molecule has 0 radical (unpaired) electrons. The molecule has 1 aliphatic rings. The summed E-state index contributed by atoms with van der Waals surface area (Å²) in [6.45, 7) is 1.86. The average molecular weight is 257 g/mol. The van der Waals surface area contributed by atoms with E-state index >= 15 is 0 Å². The van der Waals surface area contributed by atoms with E-state index in [0.29, 0.717) is 5.92 Å². The quantitative estimate of drug-likeness (QED) is 0.914. The molecule has 0 saturated carbocycles. The summed E-state index contributed by atoms with van der Waals surface area (Å²) < 4.78 is 0. The Morgan fingerprint density at radius 3 is 3.00 bits per heavy atom. The maximum atomic E-state index is 4.50. The number of aromatic nitrogens is 1. The lowest BCUT2D eigenvalue weighted by molar-refractivity contribution is 0.804. The van der Waals surface area contributed by atoms with Crippen molar-refractivity contribution in [3.05, 3.63) is 52.5 Å². The highest BCUT2D eigenvalue weighted by Crippen LogP contribution is 2.28. The molecule has 2 aromatic heterocycles. The molecule has 1 aliphatic heterocycles. The molecule has 0 aliphatic carbocycles. The maximum Gasteiger partial charge on any atom is 0.0974 e. The van der Waals surface area contributed by atoms with Gasteiger partial charge in [-0.05, 0) is 34.5 Å². The third-order valence-corrected chi connectivity index (χ3v) is 3.83. The van der Waals surface area contributed by atoms with Crippen LogP contribution in [0.4, 0.5) is 0 Å². The first-order chi connectivity index (χ1) is 8.93. The van der Waals surface area contributed by atoms with Crippen molar-refractivity contribution in [1.29, 1.82) is 0 Å². The lowest BCUT2D eigenvalue weighted by Gasteiger charge is -2.15. The van der Waals surface area contributed by atoms with Crippen LogP contribution in [0.3, 0.4) is 0 Å². The minimum Gasteiger partial charge on any atom is -0.372 e. The van der Waals surface area contributed by atoms with Crippen LogP contribution in [-0.4, -0.2) is 23.9 Å². The second kappa shape index (κ2) is 5.31. The second-order valence-corrected chi connectivity index (χ2v) is 5.10. The van der Waals surface area contributed by atoms with Gasteiger partial charge in [-0.1, -0.05) is 6.07 Å². The van der Waals surface area contributed by atoms with Crippen molar-refractivity contribution < 1.29 is 0 Å². The van der Waals surface area contributed by atoms with Gasteiger partial charge in [0.05, 0.1) is 12.4 Å². The standard InChI is InChI=1S/C14H15N3S/c1-2-5-15-13(3-1)12(11-4-8-18-10-11)9-14-16-6-7-17-14/h1-5,8,10,12H,6-7,9H2,(H,16,17). The van der Waals surface area contributed by atoms with Gasteiger partial charge in [-0.2, -0.15) is 11.3 Å². The van der Waals surface area contributed by atoms with Gasteiger partial charge in [0.1, 0.15) is 0 Å². The number of thiophene rings is 1. The molecule has 18 heavy (non-hydrogen) atoms. The van der Waals surface area contributed by atoms with Gasteiger partial charge in [-0.15, -0.1) is 0 Å². The molecule has 0 amide bonds. The summed E-state index contributed by atoms with van der Waals surface area (Å²) in [7, 11) is 0. The molecule has 1 atom stereocenters. The number of nitrogens with zero attached hydrogens (tertiary/aromatic N) is 2. The van der Waals surface area contributed by atoms with E-state index < -0.39 is 0 Å². The topological polar surface area (TPSA) is 37.3 Å². The van der Waals surface area contributed by atoms with Crippen molar-refractivity contribution in [2.45, 2.75) is 12.3 Å². The van der Waals surface area contributed by atoms with Crippen molar-refractivity contribution in [3.63, 3.8) is 0 Å². The molecular formula is C14H15N3S. The van der Waals surface area contributed by atoms with Crippen molar-refractivity contribution in [2.24, 2.45) is 4.99 Å². The van der Waals surface area contributed by atoms with Crippen molar-refractivity contribution in [1.82, 2.24) is 10.3 Å². The lowest BCUT2D eigenvalue weighted by Crippen LogP contribution is -2.21. The highest BCUT2D eigenvalue weighted by atomic mass is 32.1. The minimum atomic E-state index is 0.307. The third kappa shape index (κ3) is 2.43. The van der Waals surface area contributed by atoms with Crippen LogP contribution in [0.15, 0.2) is 46.2 Å². The van der Waals surface area contributed by atoms with Gasteiger partial charge >= 0.3 is 0 Å². The smallest absolute Gasteiger partial charge is 0.0974 e. The van der Waals surface area contributed by atoms with Crippen molar-refractivity contribution in [3.8, 4) is 0 Å². The van der Waals surface area contributed by atoms with Gasteiger partial charge in [0.15, 0.2) is 0 Å². The normalized spacial score (nSPS) is 16.1. The molecule has 3 nitrogen and oxygen atoms in total.